The fourth-order valence-corrected chi connectivity index (χ4v) is 5.49. The molecule has 1 heterocycles. The number of rotatable bonds is 10. The maximum atomic E-state index is 15.1. The van der Waals surface area contributed by atoms with Crippen LogP contribution >= 0.6 is 11.6 Å². The van der Waals surface area contributed by atoms with Crippen molar-refractivity contribution in [3.8, 4) is 5.75 Å². The number of hydrogen-bond acceptors (Lipinski definition) is 5. The minimum Gasteiger partial charge on any atom is -0.477 e. The van der Waals surface area contributed by atoms with E-state index < -0.39 is 21.3 Å². The number of carbonyl (C=O) groups excluding carboxylic acids is 1. The molecule has 3 aromatic carbocycles. The number of ketones is 1. The summed E-state index contributed by atoms with van der Waals surface area (Å²) in [5.74, 6) is 0.0428. The number of halogens is 2. The maximum Gasteiger partial charge on any atom is 0.178 e. The Morgan fingerprint density at radius 1 is 1.00 bits per heavy atom. The topological polar surface area (TPSA) is 78.3 Å². The summed E-state index contributed by atoms with van der Waals surface area (Å²) in [6.07, 6.45) is 0.165. The highest BCUT2D eigenvalue weighted by Gasteiger charge is 2.30. The third kappa shape index (κ3) is 5.92. The molecule has 0 spiro atoms. The van der Waals surface area contributed by atoms with E-state index in [9.17, 15) is 13.2 Å². The van der Waals surface area contributed by atoms with Gasteiger partial charge in [0.15, 0.2) is 32.8 Å². The number of aryl methyl sites for hydroxylation is 1. The Labute approximate surface area is 227 Å². The van der Waals surface area contributed by atoms with E-state index >= 15 is 4.39 Å². The quantitative estimate of drug-likeness (QED) is 0.229. The number of fused-ring (bicyclic) bond motifs is 1. The number of imidazole rings is 1. The van der Waals surface area contributed by atoms with Crippen LogP contribution in [0.15, 0.2) is 65.6 Å². The predicted molar refractivity (Wildman–Crippen MR) is 147 cm³/mol. The highest BCUT2D eigenvalue weighted by molar-refractivity contribution is 7.91. The number of ether oxygens (including phenoxy) is 1. The molecule has 0 aliphatic rings. The van der Waals surface area contributed by atoms with E-state index in [0.29, 0.717) is 28.5 Å². The lowest BCUT2D eigenvalue weighted by molar-refractivity contribution is -0.117. The van der Waals surface area contributed by atoms with Gasteiger partial charge in [-0.3, -0.25) is 4.79 Å². The molecule has 0 amide bonds. The van der Waals surface area contributed by atoms with Crippen LogP contribution in [-0.2, 0) is 39.6 Å². The van der Waals surface area contributed by atoms with Crippen LogP contribution in [0.4, 0.5) is 4.39 Å². The van der Waals surface area contributed by atoms with E-state index in [2.05, 4.69) is 0 Å². The van der Waals surface area contributed by atoms with Crippen molar-refractivity contribution in [1.29, 1.82) is 0 Å². The zero-order chi connectivity index (χ0) is 27.7. The second-order valence-corrected chi connectivity index (χ2v) is 12.3. The number of sulfone groups is 1. The van der Waals surface area contributed by atoms with Crippen molar-refractivity contribution in [2.45, 2.75) is 57.6 Å². The van der Waals surface area contributed by atoms with Crippen molar-refractivity contribution < 1.29 is 22.3 Å². The third-order valence-corrected chi connectivity index (χ3v) is 8.38. The number of benzene rings is 3. The summed E-state index contributed by atoms with van der Waals surface area (Å²) < 4.78 is 47.1. The van der Waals surface area contributed by atoms with Crippen LogP contribution in [-0.4, -0.2) is 29.5 Å². The number of aromatic nitrogens is 2. The number of Topliss-reactive ketones (excluding diaryl/α,β-unsaturated/α-hetero) is 1. The van der Waals surface area contributed by atoms with E-state index in [-0.39, 0.29) is 35.0 Å². The first-order valence-electron chi connectivity index (χ1n) is 12.4. The van der Waals surface area contributed by atoms with Gasteiger partial charge in [-0.2, -0.15) is 0 Å². The zero-order valence-electron chi connectivity index (χ0n) is 21.8. The third-order valence-electron chi connectivity index (χ3n) is 6.39. The normalized spacial score (nSPS) is 12.2. The van der Waals surface area contributed by atoms with Gasteiger partial charge in [0, 0.05) is 24.4 Å². The second kappa shape index (κ2) is 10.9. The van der Waals surface area contributed by atoms with Gasteiger partial charge in [0.25, 0.3) is 0 Å². The molecule has 0 radical (unpaired) electrons. The number of carbonyl (C=O) groups is 1. The van der Waals surface area contributed by atoms with E-state index in [4.69, 9.17) is 21.3 Å². The Morgan fingerprint density at radius 3 is 2.29 bits per heavy atom. The monoisotopic (exact) mass is 556 g/mol. The fraction of sp³-hybridized carbons (Fsp3) is 0.310. The first-order valence-corrected chi connectivity index (χ1v) is 14.4. The van der Waals surface area contributed by atoms with E-state index in [1.165, 1.54) is 24.3 Å². The van der Waals surface area contributed by atoms with Crippen molar-refractivity contribution in [1.82, 2.24) is 9.55 Å². The van der Waals surface area contributed by atoms with Crippen LogP contribution < -0.4 is 4.74 Å². The predicted octanol–water partition coefficient (Wildman–Crippen LogP) is 6.31. The lowest BCUT2D eigenvalue weighted by Gasteiger charge is -2.27. The largest absolute Gasteiger partial charge is 0.477 e. The molecule has 9 heteroatoms. The molecule has 0 unspecified atom stereocenters. The molecule has 4 rings (SSSR count). The van der Waals surface area contributed by atoms with Gasteiger partial charge >= 0.3 is 0 Å². The molecule has 0 saturated carbocycles. The molecular weight excluding hydrogens is 527 g/mol. The van der Waals surface area contributed by atoms with Crippen LogP contribution in [0.5, 0.6) is 5.75 Å². The molecule has 0 atom stereocenters. The summed E-state index contributed by atoms with van der Waals surface area (Å²) >= 11 is 6.14. The SMILES string of the molecule is CCn1c(C(C)(C)Oc2ccc(CC(=O)Cc3ccc(S(=O)(=O)CC)cc3)cc2F)nc2cc(Cl)ccc21. The molecule has 0 aliphatic heterocycles. The first kappa shape index (κ1) is 27.8. The van der Waals surface area contributed by atoms with Crippen molar-refractivity contribution in [2.75, 3.05) is 5.75 Å². The summed E-state index contributed by atoms with van der Waals surface area (Å²) in [5, 5.41) is 0.584. The van der Waals surface area contributed by atoms with Crippen LogP contribution in [0.2, 0.25) is 5.02 Å². The van der Waals surface area contributed by atoms with Crippen molar-refractivity contribution in [3.63, 3.8) is 0 Å². The Morgan fingerprint density at radius 2 is 1.66 bits per heavy atom. The summed E-state index contributed by atoms with van der Waals surface area (Å²) in [4.78, 5) is 17.6. The van der Waals surface area contributed by atoms with Gasteiger partial charge in [-0.15, -0.1) is 0 Å². The minimum absolute atomic E-state index is 0.0151. The zero-order valence-corrected chi connectivity index (χ0v) is 23.4. The van der Waals surface area contributed by atoms with Crippen molar-refractivity contribution >= 4 is 38.3 Å². The maximum absolute atomic E-state index is 15.1. The molecule has 200 valence electrons. The number of nitrogens with zero attached hydrogens (tertiary/aromatic N) is 2. The van der Waals surface area contributed by atoms with Crippen LogP contribution in [0.25, 0.3) is 11.0 Å². The molecule has 0 fully saturated rings. The van der Waals surface area contributed by atoms with Crippen LogP contribution in [0, 0.1) is 5.82 Å². The molecule has 38 heavy (non-hydrogen) atoms. The Kier molecular flexibility index (Phi) is 7.95. The Bertz CT molecular complexity index is 1600. The standard InChI is InChI=1S/C29H30ClFN2O4S/c1-5-33-26-13-10-21(30)18-25(26)32-28(33)29(3,4)37-27-14-9-20(17-24(27)31)16-22(34)15-19-7-11-23(12-8-19)38(35,36)6-2/h7-14,17-18H,5-6,15-16H2,1-4H3. The fourth-order valence-electron chi connectivity index (χ4n) is 4.44. The van der Waals surface area contributed by atoms with E-state index in [0.717, 1.165) is 11.0 Å². The van der Waals surface area contributed by atoms with Gasteiger partial charge in [0.1, 0.15) is 5.78 Å². The molecule has 1 aromatic heterocycles. The average molecular weight is 557 g/mol. The molecule has 0 saturated heterocycles. The number of hydrogen-bond donors (Lipinski definition) is 0. The van der Waals surface area contributed by atoms with Gasteiger partial charge in [0.2, 0.25) is 0 Å². The molecule has 0 N–H and O–H groups in total. The van der Waals surface area contributed by atoms with Crippen LogP contribution in [0.3, 0.4) is 0 Å². The molecule has 4 aromatic rings. The van der Waals surface area contributed by atoms with E-state index in [1.54, 1.807) is 37.3 Å². The lowest BCUT2D eigenvalue weighted by Crippen LogP contribution is -2.30. The van der Waals surface area contributed by atoms with Crippen molar-refractivity contribution in [2.24, 2.45) is 0 Å². The minimum atomic E-state index is -3.29. The Balaban J connectivity index is 1.47. The van der Waals surface area contributed by atoms with E-state index in [1.807, 2.05) is 31.4 Å². The molecule has 0 aliphatic carbocycles. The van der Waals surface area contributed by atoms with Crippen molar-refractivity contribution in [3.05, 3.63) is 88.5 Å². The van der Waals surface area contributed by atoms with Gasteiger partial charge in [0.05, 0.1) is 21.7 Å². The summed E-state index contributed by atoms with van der Waals surface area (Å²) in [6.45, 7) is 7.90. The summed E-state index contributed by atoms with van der Waals surface area (Å²) in [5.41, 5.74) is 1.93. The second-order valence-electron chi connectivity index (χ2n) is 9.63. The molecule has 6 nitrogen and oxygen atoms in total. The highest BCUT2D eigenvalue weighted by atomic mass is 35.5. The van der Waals surface area contributed by atoms with Gasteiger partial charge in [-0.25, -0.2) is 17.8 Å². The molecule has 0 bridgehead atoms. The lowest BCUT2D eigenvalue weighted by atomic mass is 10.0. The highest BCUT2D eigenvalue weighted by Crippen LogP contribution is 2.32. The molecular formula is C29H30ClFN2O4S. The van der Waals surface area contributed by atoms with Gasteiger partial charge < -0.3 is 9.30 Å². The smallest absolute Gasteiger partial charge is 0.178 e. The summed E-state index contributed by atoms with van der Waals surface area (Å²) in [7, 11) is -3.29. The first-order chi connectivity index (χ1) is 17.9. The van der Waals surface area contributed by atoms with Gasteiger partial charge in [-0.1, -0.05) is 36.7 Å². The average Bonchev–Trinajstić information content (AvgIpc) is 3.24. The van der Waals surface area contributed by atoms with Crippen LogP contribution in [0.1, 0.15) is 44.6 Å². The van der Waals surface area contributed by atoms with Gasteiger partial charge in [-0.05, 0) is 74.4 Å². The summed E-state index contributed by atoms with van der Waals surface area (Å²) in [6, 6.07) is 16.3. The Hall–Kier alpha value is -3.23.